The molecule has 0 fully saturated rings. The molecule has 1 rings (SSSR count). The number of hydrogen-bond donors (Lipinski definition) is 2. The molecule has 0 aliphatic carbocycles. The molecule has 4 heteroatoms. The van der Waals surface area contributed by atoms with Gasteiger partial charge in [0.2, 0.25) is 0 Å². The maximum Gasteiger partial charge on any atom is 0.128 e. The van der Waals surface area contributed by atoms with Gasteiger partial charge < -0.3 is 11.1 Å². The molecule has 0 aliphatic rings. The number of nitrogens with one attached hydrogen (secondary N) is 1. The van der Waals surface area contributed by atoms with Crippen LogP contribution in [0.3, 0.4) is 0 Å². The number of nitrogens with two attached hydrogens (primary N) is 1. The zero-order valence-corrected chi connectivity index (χ0v) is 11.8. The number of aromatic nitrogens is 1. The zero-order chi connectivity index (χ0) is 12.7. The van der Waals surface area contributed by atoms with E-state index in [1.54, 1.807) is 6.20 Å². The van der Waals surface area contributed by atoms with Crippen LogP contribution in [0.4, 0.5) is 5.82 Å². The average molecular weight is 253 g/mol. The van der Waals surface area contributed by atoms with Crippen molar-refractivity contribution in [1.29, 1.82) is 0 Å². The molecule has 17 heavy (non-hydrogen) atoms. The van der Waals surface area contributed by atoms with Crippen molar-refractivity contribution < 1.29 is 0 Å². The van der Waals surface area contributed by atoms with E-state index in [0.29, 0.717) is 17.1 Å². The van der Waals surface area contributed by atoms with Crippen LogP contribution in [0.5, 0.6) is 0 Å². The SMILES string of the molecule is CCNC(CSC(C)CC)c1cccnc1N. The maximum absolute atomic E-state index is 5.93. The molecule has 0 bridgehead atoms. The van der Waals surface area contributed by atoms with E-state index in [9.17, 15) is 0 Å². The van der Waals surface area contributed by atoms with E-state index in [4.69, 9.17) is 5.73 Å². The number of pyridine rings is 1. The molecular formula is C13H23N3S. The molecule has 1 heterocycles. The molecule has 1 aromatic heterocycles. The smallest absolute Gasteiger partial charge is 0.128 e. The zero-order valence-electron chi connectivity index (χ0n) is 10.9. The fourth-order valence-electron chi connectivity index (χ4n) is 1.61. The fraction of sp³-hybridized carbons (Fsp3) is 0.615. The minimum atomic E-state index is 0.299. The van der Waals surface area contributed by atoms with Crippen LogP contribution in [0.15, 0.2) is 18.3 Å². The molecule has 0 radical (unpaired) electrons. The van der Waals surface area contributed by atoms with Gasteiger partial charge in [0.15, 0.2) is 0 Å². The van der Waals surface area contributed by atoms with Crippen molar-refractivity contribution in [3.8, 4) is 0 Å². The fourth-order valence-corrected chi connectivity index (χ4v) is 2.66. The first-order valence-electron chi connectivity index (χ1n) is 6.24. The van der Waals surface area contributed by atoms with Gasteiger partial charge in [0.1, 0.15) is 5.82 Å². The van der Waals surface area contributed by atoms with Crippen molar-refractivity contribution in [2.75, 3.05) is 18.0 Å². The summed E-state index contributed by atoms with van der Waals surface area (Å²) in [6, 6.07) is 4.31. The van der Waals surface area contributed by atoms with Crippen molar-refractivity contribution in [3.63, 3.8) is 0 Å². The van der Waals surface area contributed by atoms with Crippen molar-refractivity contribution >= 4 is 17.6 Å². The van der Waals surface area contributed by atoms with E-state index in [1.807, 2.05) is 17.8 Å². The van der Waals surface area contributed by atoms with Crippen LogP contribution in [0.2, 0.25) is 0 Å². The monoisotopic (exact) mass is 253 g/mol. The summed E-state index contributed by atoms with van der Waals surface area (Å²) in [5.41, 5.74) is 7.05. The van der Waals surface area contributed by atoms with Gasteiger partial charge >= 0.3 is 0 Å². The second kappa shape index (κ2) is 7.56. The highest BCUT2D eigenvalue weighted by atomic mass is 32.2. The summed E-state index contributed by atoms with van der Waals surface area (Å²) in [5, 5.41) is 4.17. The summed E-state index contributed by atoms with van der Waals surface area (Å²) >= 11 is 1.98. The summed E-state index contributed by atoms with van der Waals surface area (Å²) in [6.45, 7) is 7.55. The molecular weight excluding hydrogens is 230 g/mol. The largest absolute Gasteiger partial charge is 0.383 e. The normalized spacial score (nSPS) is 14.5. The number of thioether (sulfide) groups is 1. The summed E-state index contributed by atoms with van der Waals surface area (Å²) < 4.78 is 0. The van der Waals surface area contributed by atoms with Crippen LogP contribution in [0, 0.1) is 0 Å². The third-order valence-corrected chi connectivity index (χ3v) is 4.25. The molecule has 0 saturated carbocycles. The Bertz CT molecular complexity index is 330. The van der Waals surface area contributed by atoms with Gasteiger partial charge in [-0.15, -0.1) is 0 Å². The van der Waals surface area contributed by atoms with Crippen molar-refractivity contribution in [2.45, 2.75) is 38.5 Å². The Balaban J connectivity index is 2.68. The van der Waals surface area contributed by atoms with Gasteiger partial charge in [0.25, 0.3) is 0 Å². The molecule has 0 saturated heterocycles. The Morgan fingerprint density at radius 1 is 1.47 bits per heavy atom. The lowest BCUT2D eigenvalue weighted by atomic mass is 10.1. The quantitative estimate of drug-likeness (QED) is 0.784. The van der Waals surface area contributed by atoms with Gasteiger partial charge in [-0.1, -0.05) is 26.8 Å². The summed E-state index contributed by atoms with van der Waals surface area (Å²) in [5.74, 6) is 1.68. The van der Waals surface area contributed by atoms with Gasteiger partial charge in [0.05, 0.1) is 0 Å². The average Bonchev–Trinajstić information content (AvgIpc) is 2.35. The first-order chi connectivity index (χ1) is 8.19. The number of nitrogen functional groups attached to an aromatic ring is 1. The molecule has 1 aromatic rings. The van der Waals surface area contributed by atoms with E-state index in [0.717, 1.165) is 17.9 Å². The van der Waals surface area contributed by atoms with E-state index in [2.05, 4.69) is 37.1 Å². The molecule has 0 amide bonds. The first-order valence-corrected chi connectivity index (χ1v) is 7.29. The number of hydrogen-bond acceptors (Lipinski definition) is 4. The van der Waals surface area contributed by atoms with Gasteiger partial charge in [0, 0.05) is 28.8 Å². The summed E-state index contributed by atoms with van der Waals surface area (Å²) in [7, 11) is 0. The van der Waals surface area contributed by atoms with Gasteiger partial charge in [-0.3, -0.25) is 0 Å². The minimum Gasteiger partial charge on any atom is -0.383 e. The van der Waals surface area contributed by atoms with Gasteiger partial charge in [-0.2, -0.15) is 11.8 Å². The van der Waals surface area contributed by atoms with Gasteiger partial charge in [-0.05, 0) is 19.0 Å². The van der Waals surface area contributed by atoms with E-state index in [1.165, 1.54) is 6.42 Å². The minimum absolute atomic E-state index is 0.299. The molecule has 0 spiro atoms. The van der Waals surface area contributed by atoms with Crippen molar-refractivity contribution in [3.05, 3.63) is 23.9 Å². The lowest BCUT2D eigenvalue weighted by Gasteiger charge is -2.20. The topological polar surface area (TPSA) is 50.9 Å². The molecule has 0 aliphatic heterocycles. The molecule has 3 nitrogen and oxygen atoms in total. The lowest BCUT2D eigenvalue weighted by Crippen LogP contribution is -2.24. The highest BCUT2D eigenvalue weighted by Gasteiger charge is 2.14. The Kier molecular flexibility index (Phi) is 6.37. The summed E-state index contributed by atoms with van der Waals surface area (Å²) in [6.07, 6.45) is 2.94. The van der Waals surface area contributed by atoms with Crippen molar-refractivity contribution in [1.82, 2.24) is 10.3 Å². The predicted molar refractivity (Wildman–Crippen MR) is 77.3 cm³/mol. The second-order valence-corrected chi connectivity index (χ2v) is 5.61. The lowest BCUT2D eigenvalue weighted by molar-refractivity contribution is 0.605. The standard InChI is InChI=1S/C13H23N3S/c1-4-10(3)17-9-12(15-5-2)11-7-6-8-16-13(11)14/h6-8,10,12,15H,4-5,9H2,1-3H3,(H2,14,16). The molecule has 3 N–H and O–H groups in total. The van der Waals surface area contributed by atoms with Crippen LogP contribution in [-0.4, -0.2) is 22.5 Å². The summed E-state index contributed by atoms with van der Waals surface area (Å²) in [4.78, 5) is 4.16. The maximum atomic E-state index is 5.93. The van der Waals surface area contributed by atoms with Gasteiger partial charge in [-0.25, -0.2) is 4.98 Å². The molecule has 0 aromatic carbocycles. The van der Waals surface area contributed by atoms with Crippen LogP contribution in [-0.2, 0) is 0 Å². The molecule has 2 atom stereocenters. The highest BCUT2D eigenvalue weighted by Crippen LogP contribution is 2.25. The Morgan fingerprint density at radius 2 is 2.24 bits per heavy atom. The second-order valence-electron chi connectivity index (χ2n) is 4.14. The number of rotatable bonds is 7. The third-order valence-electron chi connectivity index (χ3n) is 2.82. The van der Waals surface area contributed by atoms with Crippen LogP contribution < -0.4 is 11.1 Å². The van der Waals surface area contributed by atoms with Crippen LogP contribution >= 0.6 is 11.8 Å². The van der Waals surface area contributed by atoms with Crippen LogP contribution in [0.25, 0.3) is 0 Å². The van der Waals surface area contributed by atoms with E-state index >= 15 is 0 Å². The molecule has 96 valence electrons. The third kappa shape index (κ3) is 4.56. The van der Waals surface area contributed by atoms with E-state index in [-0.39, 0.29) is 0 Å². The number of anilines is 1. The van der Waals surface area contributed by atoms with Crippen LogP contribution in [0.1, 0.15) is 38.8 Å². The Morgan fingerprint density at radius 3 is 2.82 bits per heavy atom. The first kappa shape index (κ1) is 14.3. The number of nitrogens with zero attached hydrogens (tertiary/aromatic N) is 1. The highest BCUT2D eigenvalue weighted by molar-refractivity contribution is 7.99. The molecule has 2 unspecified atom stereocenters. The Hall–Kier alpha value is -0.740. The van der Waals surface area contributed by atoms with E-state index < -0.39 is 0 Å². The predicted octanol–water partition coefficient (Wildman–Crippen LogP) is 2.85. The van der Waals surface area contributed by atoms with Crippen molar-refractivity contribution in [2.24, 2.45) is 0 Å². The Labute approximate surface area is 109 Å².